The third kappa shape index (κ3) is 3.15. The summed E-state index contributed by atoms with van der Waals surface area (Å²) >= 11 is 0. The molecule has 24 heavy (non-hydrogen) atoms. The fourth-order valence-corrected chi connectivity index (χ4v) is 4.13. The Hall–Kier alpha value is -1.59. The third-order valence-corrected chi connectivity index (χ3v) is 4.98. The van der Waals surface area contributed by atoms with E-state index >= 15 is 0 Å². The minimum Gasteiger partial charge on any atom is -0.496 e. The molecule has 0 bridgehead atoms. The standard InChI is InChI=1S/C19H28O4Si/c1-9-10-12-15(19(3,4)5)14-13(11(2)16(12)21-6)18(22-17(14)20)23-24(7)8/h9,18,24H,1,10H2,2-8H3. The lowest BCUT2D eigenvalue weighted by atomic mass is 9.77. The molecule has 0 aliphatic carbocycles. The number of allylic oxidation sites excluding steroid dienone is 1. The van der Waals surface area contributed by atoms with Crippen molar-refractivity contribution in [2.75, 3.05) is 7.11 Å². The van der Waals surface area contributed by atoms with Crippen LogP contribution in [0.25, 0.3) is 0 Å². The van der Waals surface area contributed by atoms with Crippen molar-refractivity contribution in [1.29, 1.82) is 0 Å². The zero-order valence-electron chi connectivity index (χ0n) is 15.8. The summed E-state index contributed by atoms with van der Waals surface area (Å²) in [7, 11) is 0.293. The first-order valence-electron chi connectivity index (χ1n) is 8.34. The van der Waals surface area contributed by atoms with Gasteiger partial charge >= 0.3 is 5.97 Å². The number of carbonyl (C=O) groups is 1. The summed E-state index contributed by atoms with van der Waals surface area (Å²) in [6.07, 6.45) is 1.86. The molecular formula is C19H28O4Si. The number of rotatable bonds is 5. The number of hydrogen-bond acceptors (Lipinski definition) is 4. The predicted molar refractivity (Wildman–Crippen MR) is 98.5 cm³/mol. The lowest BCUT2D eigenvalue weighted by Crippen LogP contribution is -2.21. The second-order valence-electron chi connectivity index (χ2n) is 7.47. The highest BCUT2D eigenvalue weighted by Gasteiger charge is 2.41. The topological polar surface area (TPSA) is 44.8 Å². The summed E-state index contributed by atoms with van der Waals surface area (Å²) in [5.41, 5.74) is 4.15. The average Bonchev–Trinajstić information content (AvgIpc) is 2.74. The van der Waals surface area contributed by atoms with E-state index in [9.17, 15) is 4.79 Å². The number of carbonyl (C=O) groups excluding carboxylic acids is 1. The maximum atomic E-state index is 12.7. The molecule has 1 aromatic rings. The largest absolute Gasteiger partial charge is 0.496 e. The maximum Gasteiger partial charge on any atom is 0.341 e. The zero-order chi connectivity index (χ0) is 18.2. The van der Waals surface area contributed by atoms with Crippen LogP contribution in [0.2, 0.25) is 13.1 Å². The molecule has 0 N–H and O–H groups in total. The predicted octanol–water partition coefficient (Wildman–Crippen LogP) is 4.20. The van der Waals surface area contributed by atoms with Gasteiger partial charge < -0.3 is 13.9 Å². The van der Waals surface area contributed by atoms with Gasteiger partial charge in [0.25, 0.3) is 0 Å². The summed E-state index contributed by atoms with van der Waals surface area (Å²) in [6, 6.07) is 0. The van der Waals surface area contributed by atoms with Gasteiger partial charge in [-0.05, 0) is 37.4 Å². The molecule has 1 unspecified atom stereocenters. The van der Waals surface area contributed by atoms with E-state index in [-0.39, 0.29) is 11.4 Å². The van der Waals surface area contributed by atoms with Crippen LogP contribution < -0.4 is 4.74 Å². The molecule has 0 aromatic heterocycles. The number of esters is 1. The zero-order valence-corrected chi connectivity index (χ0v) is 16.9. The maximum absolute atomic E-state index is 12.7. The molecule has 0 fully saturated rings. The number of ether oxygens (including phenoxy) is 2. The SMILES string of the molecule is C=CCc1c(OC)c(C)c2c(c1C(C)(C)C)C(=O)OC2O[SiH](C)C. The Labute approximate surface area is 146 Å². The van der Waals surface area contributed by atoms with Crippen LogP contribution in [0.3, 0.4) is 0 Å². The van der Waals surface area contributed by atoms with Crippen LogP contribution in [0.1, 0.15) is 59.7 Å². The highest BCUT2D eigenvalue weighted by atomic mass is 28.3. The van der Waals surface area contributed by atoms with E-state index in [1.54, 1.807) is 7.11 Å². The Kier molecular flexibility index (Phi) is 5.25. The number of benzene rings is 1. The first-order chi connectivity index (χ1) is 11.1. The van der Waals surface area contributed by atoms with Crippen molar-refractivity contribution in [3.8, 4) is 5.75 Å². The Morgan fingerprint density at radius 3 is 2.42 bits per heavy atom. The van der Waals surface area contributed by atoms with Gasteiger partial charge in [0.1, 0.15) is 5.75 Å². The highest BCUT2D eigenvalue weighted by Crippen LogP contribution is 2.47. The quantitative estimate of drug-likeness (QED) is 0.454. The monoisotopic (exact) mass is 348 g/mol. The molecule has 0 saturated carbocycles. The summed E-state index contributed by atoms with van der Waals surface area (Å²) in [6.45, 7) is 16.3. The Balaban J connectivity index is 2.86. The molecule has 1 aromatic carbocycles. The molecule has 0 spiro atoms. The lowest BCUT2D eigenvalue weighted by molar-refractivity contribution is -0.0398. The van der Waals surface area contributed by atoms with E-state index in [1.165, 1.54) is 0 Å². The molecule has 2 rings (SSSR count). The molecular weight excluding hydrogens is 320 g/mol. The molecule has 5 heteroatoms. The van der Waals surface area contributed by atoms with Crippen molar-refractivity contribution in [2.45, 2.75) is 58.9 Å². The van der Waals surface area contributed by atoms with Crippen molar-refractivity contribution >= 4 is 15.0 Å². The van der Waals surface area contributed by atoms with Crippen molar-refractivity contribution in [3.05, 3.63) is 40.5 Å². The van der Waals surface area contributed by atoms with Crippen molar-refractivity contribution in [1.82, 2.24) is 0 Å². The number of methoxy groups -OCH3 is 1. The lowest BCUT2D eigenvalue weighted by Gasteiger charge is -2.28. The van der Waals surface area contributed by atoms with Crippen LogP contribution in [0, 0.1) is 6.92 Å². The summed E-state index contributed by atoms with van der Waals surface area (Å²) in [4.78, 5) is 12.7. The highest BCUT2D eigenvalue weighted by molar-refractivity contribution is 6.48. The van der Waals surface area contributed by atoms with E-state index in [2.05, 4.69) is 40.4 Å². The first kappa shape index (κ1) is 18.7. The minimum atomic E-state index is -1.37. The van der Waals surface area contributed by atoms with E-state index in [1.807, 2.05) is 13.0 Å². The number of cyclic esters (lactones) is 1. The molecule has 0 saturated heterocycles. The fourth-order valence-electron chi connectivity index (χ4n) is 3.44. The van der Waals surface area contributed by atoms with E-state index in [0.717, 1.165) is 28.0 Å². The van der Waals surface area contributed by atoms with Crippen LogP contribution in [-0.4, -0.2) is 22.1 Å². The molecule has 4 nitrogen and oxygen atoms in total. The average molecular weight is 349 g/mol. The van der Waals surface area contributed by atoms with E-state index < -0.39 is 15.3 Å². The molecule has 1 heterocycles. The number of hydrogen-bond donors (Lipinski definition) is 0. The van der Waals surface area contributed by atoms with Gasteiger partial charge in [-0.25, -0.2) is 4.79 Å². The van der Waals surface area contributed by atoms with Gasteiger partial charge in [0.05, 0.1) is 12.7 Å². The first-order valence-corrected chi connectivity index (χ1v) is 11.1. The molecule has 1 aliphatic rings. The van der Waals surface area contributed by atoms with Crippen LogP contribution >= 0.6 is 0 Å². The summed E-state index contributed by atoms with van der Waals surface area (Å²) in [5, 5.41) is 0. The summed E-state index contributed by atoms with van der Waals surface area (Å²) < 4.78 is 17.3. The van der Waals surface area contributed by atoms with E-state index in [0.29, 0.717) is 12.0 Å². The molecule has 1 atom stereocenters. The van der Waals surface area contributed by atoms with Gasteiger partial charge in [0.15, 0.2) is 9.04 Å². The second kappa shape index (κ2) is 6.73. The molecule has 1 aliphatic heterocycles. The van der Waals surface area contributed by atoms with Gasteiger partial charge in [0.2, 0.25) is 6.29 Å². The van der Waals surface area contributed by atoms with Gasteiger partial charge in [-0.2, -0.15) is 0 Å². The van der Waals surface area contributed by atoms with Gasteiger partial charge in [-0.3, -0.25) is 0 Å². The van der Waals surface area contributed by atoms with Crippen LogP contribution in [0.5, 0.6) is 5.75 Å². The van der Waals surface area contributed by atoms with Crippen molar-refractivity contribution in [3.63, 3.8) is 0 Å². The smallest absolute Gasteiger partial charge is 0.341 e. The van der Waals surface area contributed by atoms with Gasteiger partial charge in [-0.15, -0.1) is 6.58 Å². The van der Waals surface area contributed by atoms with Crippen molar-refractivity contribution < 1.29 is 18.7 Å². The van der Waals surface area contributed by atoms with Crippen LogP contribution in [0.4, 0.5) is 0 Å². The Morgan fingerprint density at radius 1 is 1.33 bits per heavy atom. The summed E-state index contributed by atoms with van der Waals surface area (Å²) in [5.74, 6) is 0.501. The van der Waals surface area contributed by atoms with Crippen molar-refractivity contribution in [2.24, 2.45) is 0 Å². The molecule has 132 valence electrons. The minimum absolute atomic E-state index is 0.230. The molecule has 0 amide bonds. The second-order valence-corrected chi connectivity index (χ2v) is 9.84. The molecule has 0 radical (unpaired) electrons. The van der Waals surface area contributed by atoms with Crippen LogP contribution in [0.15, 0.2) is 12.7 Å². The number of fused-ring (bicyclic) bond motifs is 1. The normalized spacial score (nSPS) is 17.0. The Morgan fingerprint density at radius 2 is 1.96 bits per heavy atom. The van der Waals surface area contributed by atoms with Crippen LogP contribution in [-0.2, 0) is 21.0 Å². The van der Waals surface area contributed by atoms with Gasteiger partial charge in [0, 0.05) is 16.7 Å². The third-order valence-electron chi connectivity index (χ3n) is 4.19. The van der Waals surface area contributed by atoms with Gasteiger partial charge in [-0.1, -0.05) is 26.8 Å². The Bertz CT molecular complexity index is 671. The fraction of sp³-hybridized carbons (Fsp3) is 0.526. The van der Waals surface area contributed by atoms with E-state index in [4.69, 9.17) is 13.9 Å².